The standard InChI is InChI=1S/C14H19F2NO2/c1-14(6-3-7-14)17-9-10-4-5-11(18-2)12(8-10)19-13(15)16/h4-5,8,13,17H,3,6-7,9H2,1-2H3. The van der Waals surface area contributed by atoms with E-state index in [0.717, 1.165) is 18.4 Å². The van der Waals surface area contributed by atoms with Crippen LogP contribution in [0.3, 0.4) is 0 Å². The van der Waals surface area contributed by atoms with Crippen molar-refractivity contribution >= 4 is 0 Å². The van der Waals surface area contributed by atoms with Crippen LogP contribution in [-0.4, -0.2) is 19.3 Å². The zero-order valence-corrected chi connectivity index (χ0v) is 11.2. The second-order valence-electron chi connectivity index (χ2n) is 5.13. The van der Waals surface area contributed by atoms with Crippen molar-refractivity contribution in [3.63, 3.8) is 0 Å². The lowest BCUT2D eigenvalue weighted by atomic mass is 9.78. The minimum absolute atomic E-state index is 0.0792. The summed E-state index contributed by atoms with van der Waals surface area (Å²) in [5.74, 6) is 0.398. The number of methoxy groups -OCH3 is 1. The van der Waals surface area contributed by atoms with E-state index < -0.39 is 6.61 Å². The SMILES string of the molecule is COc1ccc(CNC2(C)CCC2)cc1OC(F)F. The maximum absolute atomic E-state index is 12.3. The van der Waals surface area contributed by atoms with Crippen molar-refractivity contribution in [3.05, 3.63) is 23.8 Å². The predicted octanol–water partition coefficient (Wildman–Crippen LogP) is 3.33. The van der Waals surface area contributed by atoms with E-state index in [0.29, 0.717) is 12.3 Å². The molecule has 1 N–H and O–H groups in total. The lowest BCUT2D eigenvalue weighted by Crippen LogP contribution is -2.47. The van der Waals surface area contributed by atoms with Gasteiger partial charge in [-0.25, -0.2) is 0 Å². The summed E-state index contributed by atoms with van der Waals surface area (Å²) in [5.41, 5.74) is 1.09. The van der Waals surface area contributed by atoms with Crippen LogP contribution in [-0.2, 0) is 6.54 Å². The van der Waals surface area contributed by atoms with Gasteiger partial charge in [0.1, 0.15) is 0 Å². The molecule has 3 nitrogen and oxygen atoms in total. The van der Waals surface area contributed by atoms with Crippen molar-refractivity contribution in [1.29, 1.82) is 0 Å². The van der Waals surface area contributed by atoms with Crippen LogP contribution in [0.2, 0.25) is 0 Å². The first-order valence-corrected chi connectivity index (χ1v) is 6.39. The lowest BCUT2D eigenvalue weighted by Gasteiger charge is -2.39. The number of hydrogen-bond acceptors (Lipinski definition) is 3. The van der Waals surface area contributed by atoms with E-state index >= 15 is 0 Å². The summed E-state index contributed by atoms with van der Waals surface area (Å²) in [7, 11) is 1.43. The Morgan fingerprint density at radius 2 is 2.05 bits per heavy atom. The van der Waals surface area contributed by atoms with E-state index in [9.17, 15) is 8.78 Å². The first-order chi connectivity index (χ1) is 9.02. The molecule has 1 aromatic carbocycles. The molecule has 0 atom stereocenters. The fourth-order valence-electron chi connectivity index (χ4n) is 2.22. The van der Waals surface area contributed by atoms with Crippen LogP contribution >= 0.6 is 0 Å². The summed E-state index contributed by atoms with van der Waals surface area (Å²) in [6.45, 7) is -0.0299. The quantitative estimate of drug-likeness (QED) is 0.861. The molecule has 19 heavy (non-hydrogen) atoms. The largest absolute Gasteiger partial charge is 0.493 e. The number of halogens is 2. The van der Waals surface area contributed by atoms with Crippen LogP contribution in [0.1, 0.15) is 31.7 Å². The molecule has 0 aliphatic heterocycles. The van der Waals surface area contributed by atoms with Crippen molar-refractivity contribution in [2.45, 2.75) is 44.9 Å². The Labute approximate surface area is 111 Å². The average Bonchev–Trinajstić information content (AvgIpc) is 2.33. The van der Waals surface area contributed by atoms with Gasteiger partial charge in [0.2, 0.25) is 0 Å². The predicted molar refractivity (Wildman–Crippen MR) is 68.7 cm³/mol. The molecule has 1 aliphatic carbocycles. The maximum atomic E-state index is 12.3. The summed E-state index contributed by atoms with van der Waals surface area (Å²) in [6, 6.07) is 5.10. The number of benzene rings is 1. The summed E-state index contributed by atoms with van der Waals surface area (Å²) in [5, 5.41) is 3.45. The molecule has 0 unspecified atom stereocenters. The number of rotatable bonds is 6. The molecule has 0 spiro atoms. The van der Waals surface area contributed by atoms with Crippen LogP contribution < -0.4 is 14.8 Å². The molecule has 0 aromatic heterocycles. The van der Waals surface area contributed by atoms with Gasteiger partial charge in [-0.05, 0) is 43.9 Å². The van der Waals surface area contributed by atoms with Gasteiger partial charge in [0.05, 0.1) is 7.11 Å². The second-order valence-corrected chi connectivity index (χ2v) is 5.13. The molecule has 1 saturated carbocycles. The third-order valence-corrected chi connectivity index (χ3v) is 3.62. The fourth-order valence-corrected chi connectivity index (χ4v) is 2.22. The van der Waals surface area contributed by atoms with Crippen LogP contribution in [0, 0.1) is 0 Å². The Kier molecular flexibility index (Phi) is 4.24. The fraction of sp³-hybridized carbons (Fsp3) is 0.571. The van der Waals surface area contributed by atoms with E-state index in [1.54, 1.807) is 12.1 Å². The Balaban J connectivity index is 2.04. The summed E-state index contributed by atoms with van der Waals surface area (Å²) in [4.78, 5) is 0. The molecular formula is C14H19F2NO2. The van der Waals surface area contributed by atoms with Gasteiger partial charge in [-0.1, -0.05) is 6.07 Å². The Morgan fingerprint density at radius 1 is 1.32 bits per heavy atom. The van der Waals surface area contributed by atoms with Gasteiger partial charge in [0.25, 0.3) is 0 Å². The zero-order chi connectivity index (χ0) is 13.9. The highest BCUT2D eigenvalue weighted by atomic mass is 19.3. The third kappa shape index (κ3) is 3.56. The van der Waals surface area contributed by atoms with Gasteiger partial charge < -0.3 is 14.8 Å². The summed E-state index contributed by atoms with van der Waals surface area (Å²) in [6.07, 6.45) is 3.55. The first kappa shape index (κ1) is 14.1. The average molecular weight is 271 g/mol. The molecule has 0 bridgehead atoms. The van der Waals surface area contributed by atoms with Crippen LogP contribution in [0.15, 0.2) is 18.2 Å². The molecular weight excluding hydrogens is 252 g/mol. The van der Waals surface area contributed by atoms with Crippen molar-refractivity contribution in [2.75, 3.05) is 7.11 Å². The van der Waals surface area contributed by atoms with Crippen LogP contribution in [0.4, 0.5) is 8.78 Å². The highest BCUT2D eigenvalue weighted by Crippen LogP contribution is 2.32. The Hall–Kier alpha value is -1.36. The molecule has 106 valence electrons. The smallest absolute Gasteiger partial charge is 0.387 e. The van der Waals surface area contributed by atoms with Gasteiger partial charge in [-0.3, -0.25) is 0 Å². The molecule has 2 rings (SSSR count). The van der Waals surface area contributed by atoms with E-state index in [1.165, 1.54) is 13.5 Å². The van der Waals surface area contributed by atoms with Crippen LogP contribution in [0.25, 0.3) is 0 Å². The molecule has 1 fully saturated rings. The molecule has 0 radical (unpaired) electrons. The minimum Gasteiger partial charge on any atom is -0.493 e. The molecule has 0 heterocycles. The van der Waals surface area contributed by atoms with E-state index in [2.05, 4.69) is 17.0 Å². The van der Waals surface area contributed by atoms with Crippen molar-refractivity contribution < 1.29 is 18.3 Å². The number of alkyl halides is 2. The van der Waals surface area contributed by atoms with Gasteiger partial charge in [-0.15, -0.1) is 0 Å². The Morgan fingerprint density at radius 3 is 2.58 bits per heavy atom. The Bertz CT molecular complexity index is 433. The van der Waals surface area contributed by atoms with Crippen molar-refractivity contribution in [2.24, 2.45) is 0 Å². The monoisotopic (exact) mass is 271 g/mol. The summed E-state index contributed by atoms with van der Waals surface area (Å²) < 4.78 is 34.1. The molecule has 1 aromatic rings. The van der Waals surface area contributed by atoms with Gasteiger partial charge in [0.15, 0.2) is 11.5 Å². The van der Waals surface area contributed by atoms with Gasteiger partial charge >= 0.3 is 6.61 Å². The highest BCUT2D eigenvalue weighted by Gasteiger charge is 2.30. The third-order valence-electron chi connectivity index (χ3n) is 3.62. The highest BCUT2D eigenvalue weighted by molar-refractivity contribution is 5.43. The summed E-state index contributed by atoms with van der Waals surface area (Å²) >= 11 is 0. The number of hydrogen-bond donors (Lipinski definition) is 1. The first-order valence-electron chi connectivity index (χ1n) is 6.39. The molecule has 0 saturated heterocycles. The lowest BCUT2D eigenvalue weighted by molar-refractivity contribution is -0.0512. The maximum Gasteiger partial charge on any atom is 0.387 e. The minimum atomic E-state index is -2.85. The molecule has 1 aliphatic rings. The van der Waals surface area contributed by atoms with Crippen molar-refractivity contribution in [3.8, 4) is 11.5 Å². The van der Waals surface area contributed by atoms with Crippen molar-refractivity contribution in [1.82, 2.24) is 5.32 Å². The number of ether oxygens (including phenoxy) is 2. The van der Waals surface area contributed by atoms with Gasteiger partial charge in [-0.2, -0.15) is 8.78 Å². The molecule has 5 heteroatoms. The van der Waals surface area contributed by atoms with E-state index in [-0.39, 0.29) is 11.3 Å². The van der Waals surface area contributed by atoms with E-state index in [4.69, 9.17) is 4.74 Å². The normalized spacial score (nSPS) is 17.1. The molecule has 0 amide bonds. The number of nitrogens with one attached hydrogen (secondary N) is 1. The zero-order valence-electron chi connectivity index (χ0n) is 11.2. The topological polar surface area (TPSA) is 30.5 Å². The van der Waals surface area contributed by atoms with E-state index in [1.807, 2.05) is 6.07 Å². The van der Waals surface area contributed by atoms with Crippen LogP contribution in [0.5, 0.6) is 11.5 Å². The van der Waals surface area contributed by atoms with Gasteiger partial charge in [0, 0.05) is 12.1 Å². The second kappa shape index (κ2) is 5.74.